The molecule has 9 heteroatoms. The van der Waals surface area contributed by atoms with Crippen LogP contribution in [0.25, 0.3) is 22.5 Å². The largest absolute Gasteiger partial charge is 0.494 e. The highest BCUT2D eigenvalue weighted by atomic mass is 35.5. The van der Waals surface area contributed by atoms with Gasteiger partial charge in [0.2, 0.25) is 0 Å². The molecule has 8 nitrogen and oxygen atoms in total. The molecule has 1 aliphatic rings. The number of ether oxygens (including phenoxy) is 3. The molecule has 4 rings (SSSR count). The molecule has 0 atom stereocenters. The smallest absolute Gasteiger partial charge is 0.315 e. The molecule has 1 N–H and O–H groups in total. The van der Waals surface area contributed by atoms with Gasteiger partial charge >= 0.3 is 6.01 Å². The Labute approximate surface area is 179 Å². The van der Waals surface area contributed by atoms with Gasteiger partial charge in [0.25, 0.3) is 5.89 Å². The molecule has 30 heavy (non-hydrogen) atoms. The third kappa shape index (κ3) is 4.35. The number of pyridine rings is 1. The summed E-state index contributed by atoms with van der Waals surface area (Å²) in [7, 11) is 0. The number of nitrogens with zero attached hydrogens (tertiary/aromatic N) is 3. The zero-order chi connectivity index (χ0) is 21.3. The Morgan fingerprint density at radius 1 is 1.17 bits per heavy atom. The second-order valence-corrected chi connectivity index (χ2v) is 8.41. The van der Waals surface area contributed by atoms with Crippen molar-refractivity contribution in [1.29, 1.82) is 0 Å². The lowest BCUT2D eigenvalue weighted by Gasteiger charge is -2.22. The molecule has 0 unspecified atom stereocenters. The van der Waals surface area contributed by atoms with Gasteiger partial charge in [-0.2, -0.15) is 0 Å². The van der Waals surface area contributed by atoms with Crippen LogP contribution in [0.4, 0.5) is 6.01 Å². The maximum atomic E-state index is 6.63. The molecule has 1 saturated heterocycles. The SMILES string of the molecule is CCOc1cc(C(C)(C)C)c2nc(-c3nnc(NCC4OCCO4)o3)cc(Cl)c2c1. The third-order valence-electron chi connectivity index (χ3n) is 4.71. The molecule has 0 aliphatic carbocycles. The van der Waals surface area contributed by atoms with E-state index in [2.05, 4.69) is 36.3 Å². The van der Waals surface area contributed by atoms with Crippen LogP contribution >= 0.6 is 11.6 Å². The van der Waals surface area contributed by atoms with E-state index in [1.54, 1.807) is 6.07 Å². The Bertz CT molecular complexity index is 1040. The molecule has 1 aromatic carbocycles. The van der Waals surface area contributed by atoms with E-state index in [9.17, 15) is 0 Å². The van der Waals surface area contributed by atoms with Gasteiger partial charge in [-0.3, -0.25) is 0 Å². The highest BCUT2D eigenvalue weighted by molar-refractivity contribution is 6.35. The van der Waals surface area contributed by atoms with Crippen molar-refractivity contribution in [3.8, 4) is 17.3 Å². The first-order valence-corrected chi connectivity index (χ1v) is 10.3. The number of hydrogen-bond acceptors (Lipinski definition) is 8. The van der Waals surface area contributed by atoms with E-state index in [1.807, 2.05) is 19.1 Å². The fourth-order valence-corrected chi connectivity index (χ4v) is 3.53. The number of fused-ring (bicyclic) bond motifs is 1. The minimum atomic E-state index is -0.317. The summed E-state index contributed by atoms with van der Waals surface area (Å²) in [5.74, 6) is 1.05. The summed E-state index contributed by atoms with van der Waals surface area (Å²) >= 11 is 6.63. The third-order valence-corrected chi connectivity index (χ3v) is 5.02. The summed E-state index contributed by atoms with van der Waals surface area (Å²) in [4.78, 5) is 4.81. The fourth-order valence-electron chi connectivity index (χ4n) is 3.29. The summed E-state index contributed by atoms with van der Waals surface area (Å²) in [6.07, 6.45) is -0.317. The molecule has 0 bridgehead atoms. The first kappa shape index (κ1) is 20.8. The van der Waals surface area contributed by atoms with E-state index < -0.39 is 0 Å². The van der Waals surface area contributed by atoms with Crippen molar-refractivity contribution < 1.29 is 18.6 Å². The molecule has 0 spiro atoms. The Morgan fingerprint density at radius 2 is 1.93 bits per heavy atom. The van der Waals surface area contributed by atoms with Gasteiger partial charge < -0.3 is 23.9 Å². The quantitative estimate of drug-likeness (QED) is 0.612. The molecule has 0 radical (unpaired) electrons. The van der Waals surface area contributed by atoms with Crippen molar-refractivity contribution in [3.63, 3.8) is 0 Å². The number of halogens is 1. The average Bonchev–Trinajstić information content (AvgIpc) is 3.37. The van der Waals surface area contributed by atoms with Gasteiger partial charge in [-0.25, -0.2) is 4.98 Å². The molecule has 3 aromatic rings. The van der Waals surface area contributed by atoms with Crippen molar-refractivity contribution in [1.82, 2.24) is 15.2 Å². The Morgan fingerprint density at radius 3 is 2.63 bits per heavy atom. The van der Waals surface area contributed by atoms with Crippen LogP contribution in [0.3, 0.4) is 0 Å². The highest BCUT2D eigenvalue weighted by Crippen LogP contribution is 2.37. The zero-order valence-electron chi connectivity index (χ0n) is 17.5. The molecule has 1 fully saturated rings. The maximum absolute atomic E-state index is 6.63. The first-order valence-electron chi connectivity index (χ1n) is 9.93. The predicted octanol–water partition coefficient (Wildman–Crippen LogP) is 4.42. The highest BCUT2D eigenvalue weighted by Gasteiger charge is 2.23. The normalized spacial score (nSPS) is 15.1. The maximum Gasteiger partial charge on any atom is 0.315 e. The number of anilines is 1. The second kappa shape index (κ2) is 8.37. The van der Waals surface area contributed by atoms with Gasteiger partial charge in [0.1, 0.15) is 11.4 Å². The van der Waals surface area contributed by atoms with E-state index in [0.717, 1.165) is 22.2 Å². The van der Waals surface area contributed by atoms with Crippen molar-refractivity contribution in [3.05, 3.63) is 28.8 Å². The van der Waals surface area contributed by atoms with Crippen molar-refractivity contribution in [2.75, 3.05) is 31.7 Å². The summed E-state index contributed by atoms with van der Waals surface area (Å²) in [5.41, 5.74) is 2.16. The van der Waals surface area contributed by atoms with E-state index in [-0.39, 0.29) is 23.6 Å². The Hall–Kier alpha value is -2.42. The molecule has 2 aromatic heterocycles. The molecule has 160 valence electrons. The summed E-state index contributed by atoms with van der Waals surface area (Å²) in [6.45, 7) is 10.5. The molecule has 3 heterocycles. The lowest BCUT2D eigenvalue weighted by Crippen LogP contribution is -2.20. The molecule has 0 saturated carbocycles. The monoisotopic (exact) mass is 432 g/mol. The number of rotatable bonds is 6. The molecular weight excluding hydrogens is 408 g/mol. The summed E-state index contributed by atoms with van der Waals surface area (Å²) in [5, 5.41) is 12.5. The van der Waals surface area contributed by atoms with E-state index in [0.29, 0.717) is 37.1 Å². The van der Waals surface area contributed by atoms with Crippen LogP contribution in [0.5, 0.6) is 5.75 Å². The minimum absolute atomic E-state index is 0.164. The number of benzene rings is 1. The van der Waals surface area contributed by atoms with Gasteiger partial charge in [0.15, 0.2) is 6.29 Å². The minimum Gasteiger partial charge on any atom is -0.494 e. The van der Waals surface area contributed by atoms with Gasteiger partial charge in [0, 0.05) is 5.39 Å². The Balaban J connectivity index is 1.69. The van der Waals surface area contributed by atoms with E-state index in [4.69, 9.17) is 35.2 Å². The van der Waals surface area contributed by atoms with Gasteiger partial charge in [-0.15, -0.1) is 5.10 Å². The van der Waals surface area contributed by atoms with Crippen molar-refractivity contribution in [2.24, 2.45) is 0 Å². The predicted molar refractivity (Wildman–Crippen MR) is 114 cm³/mol. The van der Waals surface area contributed by atoms with E-state index in [1.165, 1.54) is 0 Å². The average molecular weight is 433 g/mol. The van der Waals surface area contributed by atoms with Crippen molar-refractivity contribution in [2.45, 2.75) is 39.4 Å². The fraction of sp³-hybridized carbons (Fsp3) is 0.476. The van der Waals surface area contributed by atoms with Crippen LogP contribution in [-0.2, 0) is 14.9 Å². The standard InChI is InChI=1S/C21H25ClN4O4/c1-5-27-12-8-13-15(22)10-16(24-18(13)14(9-12)21(2,3)4)19-25-26-20(30-19)23-11-17-28-6-7-29-17/h8-10,17H,5-7,11H2,1-4H3,(H,23,26). The zero-order valence-corrected chi connectivity index (χ0v) is 18.2. The topological polar surface area (TPSA) is 91.5 Å². The second-order valence-electron chi connectivity index (χ2n) is 8.00. The van der Waals surface area contributed by atoms with E-state index >= 15 is 0 Å². The lowest BCUT2D eigenvalue weighted by atomic mass is 9.85. The molecular formula is C21H25ClN4O4. The molecule has 0 amide bonds. The number of aromatic nitrogens is 3. The molecule has 1 aliphatic heterocycles. The van der Waals surface area contributed by atoms with Crippen LogP contribution < -0.4 is 10.1 Å². The van der Waals surface area contributed by atoms with Crippen LogP contribution in [0.15, 0.2) is 22.6 Å². The summed E-state index contributed by atoms with van der Waals surface area (Å²) in [6, 6.07) is 5.92. The van der Waals surface area contributed by atoms with Crippen LogP contribution in [-0.4, -0.2) is 47.8 Å². The number of hydrogen-bond donors (Lipinski definition) is 1. The summed E-state index contributed by atoms with van der Waals surface area (Å²) < 4.78 is 22.2. The van der Waals surface area contributed by atoms with Crippen LogP contribution in [0.1, 0.15) is 33.3 Å². The van der Waals surface area contributed by atoms with Crippen LogP contribution in [0, 0.1) is 0 Å². The van der Waals surface area contributed by atoms with Gasteiger partial charge in [0.05, 0.1) is 36.9 Å². The van der Waals surface area contributed by atoms with Gasteiger partial charge in [-0.05, 0) is 36.1 Å². The van der Waals surface area contributed by atoms with Crippen LogP contribution in [0.2, 0.25) is 5.02 Å². The lowest BCUT2D eigenvalue weighted by molar-refractivity contribution is -0.0302. The van der Waals surface area contributed by atoms with Gasteiger partial charge in [-0.1, -0.05) is 37.5 Å². The van der Waals surface area contributed by atoms with Crippen molar-refractivity contribution >= 4 is 28.5 Å². The number of nitrogens with one attached hydrogen (secondary N) is 1. The first-order chi connectivity index (χ1) is 14.3. The Kier molecular flexibility index (Phi) is 5.81.